The predicted molar refractivity (Wildman–Crippen MR) is 85.1 cm³/mol. The molecule has 2 aromatic rings. The van der Waals surface area contributed by atoms with Gasteiger partial charge in [-0.05, 0) is 49.4 Å². The molecule has 2 N–H and O–H groups in total. The Labute approximate surface area is 142 Å². The van der Waals surface area contributed by atoms with Crippen molar-refractivity contribution in [2.45, 2.75) is 13.0 Å². The standard InChI is InChI=1S/C17H16F2N2O4/c1-10(25-13-6-3-11(18)4-7-13)16(22)20-21-17(23)14-9-12(19)5-8-15(14)24-2/h3-10H,1-2H3,(H,20,22)(H,21,23). The number of hydrazine groups is 1. The van der Waals surface area contributed by atoms with Crippen LogP contribution in [0.2, 0.25) is 0 Å². The van der Waals surface area contributed by atoms with Crippen LogP contribution < -0.4 is 20.3 Å². The summed E-state index contributed by atoms with van der Waals surface area (Å²) in [6.45, 7) is 1.45. The molecular weight excluding hydrogens is 334 g/mol. The Morgan fingerprint density at radius 2 is 1.64 bits per heavy atom. The van der Waals surface area contributed by atoms with Crippen LogP contribution in [0.4, 0.5) is 8.78 Å². The molecule has 0 aliphatic rings. The number of carbonyl (C=O) groups is 2. The van der Waals surface area contributed by atoms with Gasteiger partial charge in [-0.1, -0.05) is 0 Å². The first-order chi connectivity index (χ1) is 11.9. The zero-order chi connectivity index (χ0) is 18.4. The van der Waals surface area contributed by atoms with E-state index in [1.54, 1.807) is 0 Å². The first-order valence-electron chi connectivity index (χ1n) is 7.26. The summed E-state index contributed by atoms with van der Waals surface area (Å²) in [6.07, 6.45) is -0.958. The van der Waals surface area contributed by atoms with E-state index in [0.29, 0.717) is 5.75 Å². The molecule has 0 aliphatic carbocycles. The van der Waals surface area contributed by atoms with Crippen molar-refractivity contribution in [3.8, 4) is 11.5 Å². The average molecular weight is 350 g/mol. The van der Waals surface area contributed by atoms with Gasteiger partial charge in [0.05, 0.1) is 12.7 Å². The fourth-order valence-electron chi connectivity index (χ4n) is 1.92. The van der Waals surface area contributed by atoms with Crippen LogP contribution in [0.3, 0.4) is 0 Å². The first kappa shape index (κ1) is 18.2. The van der Waals surface area contributed by atoms with E-state index in [0.717, 1.165) is 12.1 Å². The number of halogens is 2. The first-order valence-corrected chi connectivity index (χ1v) is 7.26. The minimum Gasteiger partial charge on any atom is -0.496 e. The summed E-state index contributed by atoms with van der Waals surface area (Å²) in [5.74, 6) is -2.00. The van der Waals surface area contributed by atoms with Crippen molar-refractivity contribution in [3.63, 3.8) is 0 Å². The molecule has 0 saturated carbocycles. The third-order valence-electron chi connectivity index (χ3n) is 3.20. The molecular formula is C17H16F2N2O4. The number of methoxy groups -OCH3 is 1. The maximum atomic E-state index is 13.3. The van der Waals surface area contributed by atoms with E-state index in [9.17, 15) is 18.4 Å². The van der Waals surface area contributed by atoms with Crippen LogP contribution in [0.15, 0.2) is 42.5 Å². The molecule has 0 aromatic heterocycles. The summed E-state index contributed by atoms with van der Waals surface area (Å²) < 4.78 is 36.4. The van der Waals surface area contributed by atoms with Crippen molar-refractivity contribution >= 4 is 11.8 Å². The second-order valence-electron chi connectivity index (χ2n) is 5.00. The zero-order valence-corrected chi connectivity index (χ0v) is 13.5. The maximum absolute atomic E-state index is 13.3. The minimum atomic E-state index is -0.958. The lowest BCUT2D eigenvalue weighted by Gasteiger charge is -2.15. The molecule has 6 nitrogen and oxygen atoms in total. The Morgan fingerprint density at radius 3 is 2.28 bits per heavy atom. The van der Waals surface area contributed by atoms with E-state index >= 15 is 0 Å². The third-order valence-corrected chi connectivity index (χ3v) is 3.20. The fourth-order valence-corrected chi connectivity index (χ4v) is 1.92. The molecule has 1 unspecified atom stereocenters. The highest BCUT2D eigenvalue weighted by molar-refractivity contribution is 5.98. The highest BCUT2D eigenvalue weighted by atomic mass is 19.1. The number of rotatable bonds is 5. The van der Waals surface area contributed by atoms with Gasteiger partial charge >= 0.3 is 0 Å². The summed E-state index contributed by atoms with van der Waals surface area (Å²) in [4.78, 5) is 24.0. The van der Waals surface area contributed by atoms with Crippen LogP contribution in [-0.2, 0) is 4.79 Å². The van der Waals surface area contributed by atoms with Crippen LogP contribution in [-0.4, -0.2) is 25.0 Å². The van der Waals surface area contributed by atoms with Gasteiger partial charge in [0.2, 0.25) is 0 Å². The fraction of sp³-hybridized carbons (Fsp3) is 0.176. The zero-order valence-electron chi connectivity index (χ0n) is 13.5. The Kier molecular flexibility index (Phi) is 5.89. The minimum absolute atomic E-state index is 0.0742. The van der Waals surface area contributed by atoms with Gasteiger partial charge in [-0.3, -0.25) is 20.4 Å². The summed E-state index contributed by atoms with van der Waals surface area (Å²) >= 11 is 0. The third kappa shape index (κ3) is 4.90. The van der Waals surface area contributed by atoms with Gasteiger partial charge in [-0.25, -0.2) is 8.78 Å². The number of nitrogens with one attached hydrogen (secondary N) is 2. The highest BCUT2D eigenvalue weighted by Crippen LogP contribution is 2.19. The van der Waals surface area contributed by atoms with E-state index in [1.165, 1.54) is 44.4 Å². The molecule has 2 rings (SSSR count). The molecule has 1 atom stereocenters. The molecule has 0 fully saturated rings. The molecule has 8 heteroatoms. The Balaban J connectivity index is 1.93. The second-order valence-corrected chi connectivity index (χ2v) is 5.00. The number of ether oxygens (including phenoxy) is 2. The van der Waals surface area contributed by atoms with Crippen LogP contribution in [0.1, 0.15) is 17.3 Å². The molecule has 2 amide bonds. The number of amides is 2. The Bertz CT molecular complexity index is 766. The Morgan fingerprint density at radius 1 is 1.00 bits per heavy atom. The van der Waals surface area contributed by atoms with Crippen LogP contribution in [0.25, 0.3) is 0 Å². The number of benzene rings is 2. The molecule has 0 saturated heterocycles. The van der Waals surface area contributed by atoms with Gasteiger partial charge in [0.15, 0.2) is 6.10 Å². The van der Waals surface area contributed by atoms with Crippen LogP contribution in [0.5, 0.6) is 11.5 Å². The predicted octanol–water partition coefficient (Wildman–Crippen LogP) is 2.20. The molecule has 25 heavy (non-hydrogen) atoms. The second kappa shape index (κ2) is 8.09. The summed E-state index contributed by atoms with van der Waals surface area (Å²) in [5.41, 5.74) is 4.24. The number of hydrogen-bond acceptors (Lipinski definition) is 4. The van der Waals surface area contributed by atoms with Gasteiger partial charge in [0, 0.05) is 0 Å². The van der Waals surface area contributed by atoms with E-state index in [2.05, 4.69) is 10.9 Å². The number of carbonyl (C=O) groups excluding carboxylic acids is 2. The van der Waals surface area contributed by atoms with Crippen molar-refractivity contribution in [2.24, 2.45) is 0 Å². The van der Waals surface area contributed by atoms with E-state index in [-0.39, 0.29) is 11.3 Å². The summed E-state index contributed by atoms with van der Waals surface area (Å²) in [7, 11) is 1.33. The monoisotopic (exact) mass is 350 g/mol. The van der Waals surface area contributed by atoms with Crippen molar-refractivity contribution in [1.29, 1.82) is 0 Å². The molecule has 0 bridgehead atoms. The van der Waals surface area contributed by atoms with Crippen molar-refractivity contribution in [3.05, 3.63) is 59.7 Å². The van der Waals surface area contributed by atoms with Gasteiger partial charge in [-0.15, -0.1) is 0 Å². The van der Waals surface area contributed by atoms with Crippen molar-refractivity contribution < 1.29 is 27.8 Å². The Hall–Kier alpha value is -3.16. The molecule has 0 radical (unpaired) electrons. The maximum Gasteiger partial charge on any atom is 0.279 e. The molecule has 0 aliphatic heterocycles. The van der Waals surface area contributed by atoms with Gasteiger partial charge in [0.1, 0.15) is 23.1 Å². The van der Waals surface area contributed by atoms with E-state index < -0.39 is 29.6 Å². The van der Waals surface area contributed by atoms with Gasteiger partial charge in [0.25, 0.3) is 11.8 Å². The van der Waals surface area contributed by atoms with E-state index in [4.69, 9.17) is 9.47 Å². The van der Waals surface area contributed by atoms with Crippen LogP contribution in [0, 0.1) is 11.6 Å². The largest absolute Gasteiger partial charge is 0.496 e. The van der Waals surface area contributed by atoms with Crippen molar-refractivity contribution in [2.75, 3.05) is 7.11 Å². The lowest BCUT2D eigenvalue weighted by molar-refractivity contribution is -0.128. The van der Waals surface area contributed by atoms with Crippen molar-refractivity contribution in [1.82, 2.24) is 10.9 Å². The topological polar surface area (TPSA) is 76.7 Å². The SMILES string of the molecule is COc1ccc(F)cc1C(=O)NNC(=O)C(C)Oc1ccc(F)cc1. The van der Waals surface area contributed by atoms with Gasteiger partial charge < -0.3 is 9.47 Å². The molecule has 0 heterocycles. The van der Waals surface area contributed by atoms with Crippen LogP contribution >= 0.6 is 0 Å². The molecule has 2 aromatic carbocycles. The quantitative estimate of drug-likeness (QED) is 0.811. The average Bonchev–Trinajstić information content (AvgIpc) is 2.61. The smallest absolute Gasteiger partial charge is 0.279 e. The highest BCUT2D eigenvalue weighted by Gasteiger charge is 2.18. The van der Waals surface area contributed by atoms with E-state index in [1.807, 2.05) is 0 Å². The lowest BCUT2D eigenvalue weighted by Crippen LogP contribution is -2.47. The van der Waals surface area contributed by atoms with Gasteiger partial charge in [-0.2, -0.15) is 0 Å². The molecule has 132 valence electrons. The lowest BCUT2D eigenvalue weighted by atomic mass is 10.2. The molecule has 0 spiro atoms. The summed E-state index contributed by atoms with van der Waals surface area (Å²) in [6, 6.07) is 8.55. The normalized spacial score (nSPS) is 11.4. The summed E-state index contributed by atoms with van der Waals surface area (Å²) in [5, 5.41) is 0. The number of hydrogen-bond donors (Lipinski definition) is 2.